The van der Waals surface area contributed by atoms with Crippen LogP contribution in [0.25, 0.3) is 0 Å². The topological polar surface area (TPSA) is 58.2 Å². The molecule has 0 saturated carbocycles. The van der Waals surface area contributed by atoms with Crippen molar-refractivity contribution in [3.63, 3.8) is 0 Å². The van der Waals surface area contributed by atoms with Gasteiger partial charge < -0.3 is 9.64 Å². The third kappa shape index (κ3) is 2.39. The van der Waals surface area contributed by atoms with Crippen LogP contribution in [0.1, 0.15) is 48.4 Å². The molecule has 19 heavy (non-hydrogen) atoms. The highest BCUT2D eigenvalue weighted by Gasteiger charge is 2.30. The summed E-state index contributed by atoms with van der Waals surface area (Å²) < 4.78 is 5.67. The lowest BCUT2D eigenvalue weighted by Crippen LogP contribution is -2.48. The Balaban J connectivity index is 1.82. The molecule has 0 radical (unpaired) electrons. The fourth-order valence-electron chi connectivity index (χ4n) is 3.15. The highest BCUT2D eigenvalue weighted by Crippen LogP contribution is 2.24. The lowest BCUT2D eigenvalue weighted by molar-refractivity contribution is -0.0587. The standard InChI is InChI=1S/C14H21N3O2/c1-9-7-17(8-10(2)19-9)14(18)13-11-5-3-4-6-12(11)15-16-13/h9-10H,3-8H2,1-2H3,(H,15,16)/t9-,10-/m1/s1. The van der Waals surface area contributed by atoms with Gasteiger partial charge in [-0.15, -0.1) is 0 Å². The van der Waals surface area contributed by atoms with Crippen LogP contribution in [0.5, 0.6) is 0 Å². The van der Waals surface area contributed by atoms with Crippen molar-refractivity contribution in [3.8, 4) is 0 Å². The van der Waals surface area contributed by atoms with Gasteiger partial charge in [-0.1, -0.05) is 0 Å². The van der Waals surface area contributed by atoms with E-state index in [1.54, 1.807) is 0 Å². The molecule has 104 valence electrons. The summed E-state index contributed by atoms with van der Waals surface area (Å²) in [7, 11) is 0. The Morgan fingerprint density at radius 1 is 1.26 bits per heavy atom. The van der Waals surface area contributed by atoms with Crippen molar-refractivity contribution < 1.29 is 9.53 Å². The molecule has 0 aromatic carbocycles. The number of carbonyl (C=O) groups excluding carboxylic acids is 1. The molecule has 3 rings (SSSR count). The van der Waals surface area contributed by atoms with Gasteiger partial charge in [0.05, 0.1) is 12.2 Å². The number of aromatic nitrogens is 2. The number of morpholine rings is 1. The van der Waals surface area contributed by atoms with E-state index in [2.05, 4.69) is 10.2 Å². The van der Waals surface area contributed by atoms with Crippen molar-refractivity contribution in [2.45, 2.75) is 51.7 Å². The second kappa shape index (κ2) is 4.96. The molecule has 2 atom stereocenters. The number of aromatic amines is 1. The average Bonchev–Trinajstić information content (AvgIpc) is 2.80. The number of amides is 1. The minimum Gasteiger partial charge on any atom is -0.372 e. The van der Waals surface area contributed by atoms with Crippen molar-refractivity contribution in [1.82, 2.24) is 15.1 Å². The first-order valence-corrected chi connectivity index (χ1v) is 7.16. The van der Waals surface area contributed by atoms with E-state index >= 15 is 0 Å². The van der Waals surface area contributed by atoms with E-state index in [0.717, 1.165) is 30.5 Å². The smallest absolute Gasteiger partial charge is 0.274 e. The zero-order valence-corrected chi connectivity index (χ0v) is 11.6. The zero-order valence-electron chi connectivity index (χ0n) is 11.6. The largest absolute Gasteiger partial charge is 0.372 e. The van der Waals surface area contributed by atoms with Crippen LogP contribution in [0.4, 0.5) is 0 Å². The van der Waals surface area contributed by atoms with Crippen LogP contribution in [-0.4, -0.2) is 46.3 Å². The maximum atomic E-state index is 12.6. The third-order valence-electron chi connectivity index (χ3n) is 3.97. The molecule has 5 heteroatoms. The molecule has 2 aliphatic rings. The van der Waals surface area contributed by atoms with Crippen LogP contribution in [0, 0.1) is 0 Å². The van der Waals surface area contributed by atoms with E-state index in [9.17, 15) is 4.79 Å². The normalized spacial score (nSPS) is 27.2. The fraction of sp³-hybridized carbons (Fsp3) is 0.714. The Morgan fingerprint density at radius 2 is 1.95 bits per heavy atom. The number of nitrogens with zero attached hydrogens (tertiary/aromatic N) is 2. The van der Waals surface area contributed by atoms with Gasteiger partial charge in [-0.05, 0) is 39.5 Å². The maximum absolute atomic E-state index is 12.6. The second-order valence-corrected chi connectivity index (χ2v) is 5.70. The lowest BCUT2D eigenvalue weighted by atomic mass is 9.95. The van der Waals surface area contributed by atoms with Gasteiger partial charge in [0.2, 0.25) is 0 Å². The van der Waals surface area contributed by atoms with Gasteiger partial charge in [0, 0.05) is 24.3 Å². The summed E-state index contributed by atoms with van der Waals surface area (Å²) in [5.41, 5.74) is 2.93. The Labute approximate surface area is 113 Å². The molecule has 0 bridgehead atoms. The van der Waals surface area contributed by atoms with Crippen molar-refractivity contribution >= 4 is 5.91 Å². The Bertz CT molecular complexity index is 473. The average molecular weight is 263 g/mol. The molecule has 1 amide bonds. The molecular formula is C14H21N3O2. The van der Waals surface area contributed by atoms with Crippen LogP contribution < -0.4 is 0 Å². The number of rotatable bonds is 1. The summed E-state index contributed by atoms with van der Waals surface area (Å²) in [6, 6.07) is 0. The number of hydrogen-bond acceptors (Lipinski definition) is 3. The predicted molar refractivity (Wildman–Crippen MR) is 71.1 cm³/mol. The van der Waals surface area contributed by atoms with Gasteiger partial charge in [0.1, 0.15) is 0 Å². The summed E-state index contributed by atoms with van der Waals surface area (Å²) in [6.45, 7) is 5.33. The van der Waals surface area contributed by atoms with Gasteiger partial charge in [0.25, 0.3) is 5.91 Å². The summed E-state index contributed by atoms with van der Waals surface area (Å²) in [5.74, 6) is 0.0569. The van der Waals surface area contributed by atoms with Gasteiger partial charge >= 0.3 is 0 Å². The molecule has 1 saturated heterocycles. The van der Waals surface area contributed by atoms with Gasteiger partial charge in [0.15, 0.2) is 5.69 Å². The Hall–Kier alpha value is -1.36. The maximum Gasteiger partial charge on any atom is 0.274 e. The lowest BCUT2D eigenvalue weighted by Gasteiger charge is -2.35. The molecule has 1 aliphatic carbocycles. The fourth-order valence-corrected chi connectivity index (χ4v) is 3.15. The first-order valence-electron chi connectivity index (χ1n) is 7.16. The molecular weight excluding hydrogens is 242 g/mol. The highest BCUT2D eigenvalue weighted by molar-refractivity contribution is 5.94. The number of ether oxygens (including phenoxy) is 1. The SMILES string of the molecule is C[C@@H]1CN(C(=O)c2n[nH]c3c2CCCC3)C[C@@H](C)O1. The Morgan fingerprint density at radius 3 is 2.68 bits per heavy atom. The van der Waals surface area contributed by atoms with E-state index in [0.29, 0.717) is 18.8 Å². The molecule has 1 aliphatic heterocycles. The van der Waals surface area contributed by atoms with Crippen molar-refractivity contribution in [2.75, 3.05) is 13.1 Å². The summed E-state index contributed by atoms with van der Waals surface area (Å²) >= 11 is 0. The van der Waals surface area contributed by atoms with Crippen molar-refractivity contribution in [2.24, 2.45) is 0 Å². The minimum absolute atomic E-state index is 0.0569. The number of fused-ring (bicyclic) bond motifs is 1. The zero-order chi connectivity index (χ0) is 13.4. The Kier molecular flexibility index (Phi) is 3.31. The molecule has 5 nitrogen and oxygen atoms in total. The summed E-state index contributed by atoms with van der Waals surface area (Å²) in [6.07, 6.45) is 4.54. The molecule has 0 spiro atoms. The van der Waals surface area contributed by atoms with Crippen LogP contribution in [0.3, 0.4) is 0 Å². The monoisotopic (exact) mass is 263 g/mol. The first-order chi connectivity index (χ1) is 9.15. The second-order valence-electron chi connectivity index (χ2n) is 5.70. The summed E-state index contributed by atoms with van der Waals surface area (Å²) in [5, 5.41) is 7.31. The number of aryl methyl sites for hydroxylation is 1. The quantitative estimate of drug-likeness (QED) is 0.836. The van der Waals surface area contributed by atoms with Crippen molar-refractivity contribution in [1.29, 1.82) is 0 Å². The predicted octanol–water partition coefficient (Wildman–Crippen LogP) is 1.54. The number of H-pyrrole nitrogens is 1. The molecule has 1 N–H and O–H groups in total. The van der Waals surface area contributed by atoms with E-state index < -0.39 is 0 Å². The van der Waals surface area contributed by atoms with E-state index in [1.165, 1.54) is 6.42 Å². The molecule has 0 unspecified atom stereocenters. The van der Waals surface area contributed by atoms with E-state index in [1.807, 2.05) is 18.7 Å². The van der Waals surface area contributed by atoms with E-state index in [-0.39, 0.29) is 18.1 Å². The van der Waals surface area contributed by atoms with Crippen LogP contribution in [0.15, 0.2) is 0 Å². The minimum atomic E-state index is 0.0569. The van der Waals surface area contributed by atoms with Gasteiger partial charge in [-0.2, -0.15) is 5.10 Å². The first kappa shape index (κ1) is 12.7. The third-order valence-corrected chi connectivity index (χ3v) is 3.97. The summed E-state index contributed by atoms with van der Waals surface area (Å²) in [4.78, 5) is 14.5. The van der Waals surface area contributed by atoms with Crippen LogP contribution in [0.2, 0.25) is 0 Å². The number of nitrogens with one attached hydrogen (secondary N) is 1. The van der Waals surface area contributed by atoms with Crippen LogP contribution in [-0.2, 0) is 17.6 Å². The van der Waals surface area contributed by atoms with Gasteiger partial charge in [-0.25, -0.2) is 0 Å². The van der Waals surface area contributed by atoms with Crippen molar-refractivity contribution in [3.05, 3.63) is 17.0 Å². The van der Waals surface area contributed by atoms with Crippen LogP contribution >= 0.6 is 0 Å². The number of hydrogen-bond donors (Lipinski definition) is 1. The molecule has 1 fully saturated rings. The van der Waals surface area contributed by atoms with E-state index in [4.69, 9.17) is 4.74 Å². The molecule has 2 heterocycles. The number of carbonyl (C=O) groups is 1. The molecule has 1 aromatic rings. The highest BCUT2D eigenvalue weighted by atomic mass is 16.5. The molecule has 1 aromatic heterocycles. The van der Waals surface area contributed by atoms with Gasteiger partial charge in [-0.3, -0.25) is 9.89 Å².